The molecule has 4 aliphatic rings. The SMILES string of the molecule is O=C(CC12CC3CC(CC(C3)C1)C2)Nc1cccc(-c2csc(-c3ccccc3Cl)n2)c1. The Balaban J connectivity index is 1.17. The Morgan fingerprint density at radius 3 is 2.47 bits per heavy atom. The van der Waals surface area contributed by atoms with Gasteiger partial charge in [-0.05, 0) is 79.9 Å². The predicted molar refractivity (Wildman–Crippen MR) is 132 cm³/mol. The monoisotopic (exact) mass is 462 g/mol. The molecule has 32 heavy (non-hydrogen) atoms. The lowest BCUT2D eigenvalue weighted by molar-refractivity contribution is -0.124. The second kappa shape index (κ2) is 8.00. The maximum absolute atomic E-state index is 13.0. The van der Waals surface area contributed by atoms with Gasteiger partial charge in [0.2, 0.25) is 5.91 Å². The summed E-state index contributed by atoms with van der Waals surface area (Å²) in [4.78, 5) is 17.8. The van der Waals surface area contributed by atoms with Gasteiger partial charge in [-0.3, -0.25) is 4.79 Å². The van der Waals surface area contributed by atoms with Crippen molar-refractivity contribution in [3.8, 4) is 21.8 Å². The van der Waals surface area contributed by atoms with Gasteiger partial charge in [-0.25, -0.2) is 4.98 Å². The molecule has 3 aromatic rings. The van der Waals surface area contributed by atoms with Crippen LogP contribution in [0.5, 0.6) is 0 Å². The normalized spacial score (nSPS) is 28.1. The number of nitrogens with zero attached hydrogens (tertiary/aromatic N) is 1. The van der Waals surface area contributed by atoms with Crippen molar-refractivity contribution in [1.82, 2.24) is 4.98 Å². The van der Waals surface area contributed by atoms with E-state index in [2.05, 4.69) is 10.7 Å². The fourth-order valence-electron chi connectivity index (χ4n) is 6.97. The van der Waals surface area contributed by atoms with Gasteiger partial charge in [0.1, 0.15) is 5.01 Å². The van der Waals surface area contributed by atoms with E-state index in [1.165, 1.54) is 38.5 Å². The summed E-state index contributed by atoms with van der Waals surface area (Å²) in [5.74, 6) is 2.78. The number of carbonyl (C=O) groups is 1. The molecule has 0 aliphatic heterocycles. The zero-order chi connectivity index (χ0) is 21.7. The number of carbonyl (C=O) groups excluding carboxylic acids is 1. The lowest BCUT2D eigenvalue weighted by Crippen LogP contribution is -2.47. The number of thiazole rings is 1. The van der Waals surface area contributed by atoms with Crippen molar-refractivity contribution in [2.75, 3.05) is 5.32 Å². The van der Waals surface area contributed by atoms with Crippen molar-refractivity contribution in [1.29, 1.82) is 0 Å². The molecule has 0 atom stereocenters. The van der Waals surface area contributed by atoms with E-state index in [1.807, 2.05) is 48.5 Å². The van der Waals surface area contributed by atoms with Crippen molar-refractivity contribution >= 4 is 34.5 Å². The fourth-order valence-corrected chi connectivity index (χ4v) is 8.12. The highest BCUT2D eigenvalue weighted by atomic mass is 35.5. The van der Waals surface area contributed by atoms with Gasteiger partial charge >= 0.3 is 0 Å². The Hall–Kier alpha value is -2.17. The third-order valence-corrected chi connectivity index (χ3v) is 8.96. The minimum atomic E-state index is 0.166. The lowest BCUT2D eigenvalue weighted by atomic mass is 9.49. The van der Waals surface area contributed by atoms with Crippen LogP contribution in [0.3, 0.4) is 0 Å². The van der Waals surface area contributed by atoms with Gasteiger partial charge in [0.25, 0.3) is 0 Å². The van der Waals surface area contributed by atoms with Crippen LogP contribution < -0.4 is 5.32 Å². The first-order valence-corrected chi connectivity index (χ1v) is 12.9. The summed E-state index contributed by atoms with van der Waals surface area (Å²) in [5, 5.41) is 6.85. The van der Waals surface area contributed by atoms with Crippen LogP contribution in [0.25, 0.3) is 21.8 Å². The van der Waals surface area contributed by atoms with Crippen molar-refractivity contribution in [2.24, 2.45) is 23.2 Å². The van der Waals surface area contributed by atoms with Crippen molar-refractivity contribution in [3.63, 3.8) is 0 Å². The molecular formula is C27H27ClN2OS. The quantitative estimate of drug-likeness (QED) is 0.422. The summed E-state index contributed by atoms with van der Waals surface area (Å²) in [5.41, 5.74) is 3.97. The average molecular weight is 463 g/mol. The minimum Gasteiger partial charge on any atom is -0.326 e. The van der Waals surface area contributed by atoms with Crippen LogP contribution in [0.1, 0.15) is 44.9 Å². The number of nitrogens with one attached hydrogen (secondary N) is 1. The van der Waals surface area contributed by atoms with Crippen molar-refractivity contribution < 1.29 is 4.79 Å². The average Bonchev–Trinajstić information content (AvgIpc) is 3.23. The molecule has 1 amide bonds. The van der Waals surface area contributed by atoms with Crippen LogP contribution in [0.2, 0.25) is 5.02 Å². The van der Waals surface area contributed by atoms with E-state index in [4.69, 9.17) is 16.6 Å². The van der Waals surface area contributed by atoms with E-state index in [0.29, 0.717) is 11.4 Å². The topological polar surface area (TPSA) is 42.0 Å². The van der Waals surface area contributed by atoms with Gasteiger partial charge in [0.15, 0.2) is 0 Å². The second-order valence-corrected chi connectivity index (χ2v) is 11.5. The van der Waals surface area contributed by atoms with E-state index in [-0.39, 0.29) is 11.3 Å². The van der Waals surface area contributed by atoms with Crippen LogP contribution in [-0.2, 0) is 4.79 Å². The summed E-state index contributed by atoms with van der Waals surface area (Å²) < 4.78 is 0. The number of halogens is 1. The molecular weight excluding hydrogens is 436 g/mol. The number of benzene rings is 2. The molecule has 4 bridgehead atoms. The summed E-state index contributed by atoms with van der Waals surface area (Å²) in [7, 11) is 0. The van der Waals surface area contributed by atoms with Crippen molar-refractivity contribution in [2.45, 2.75) is 44.9 Å². The Morgan fingerprint density at radius 2 is 1.75 bits per heavy atom. The van der Waals surface area contributed by atoms with Crippen LogP contribution in [0.15, 0.2) is 53.9 Å². The molecule has 2 aromatic carbocycles. The van der Waals surface area contributed by atoms with Gasteiger partial charge in [-0.2, -0.15) is 0 Å². The number of amides is 1. The standard InChI is InChI=1S/C27H27ClN2OS/c28-23-7-2-1-6-22(23)26-30-24(16-32-26)20-4-3-5-21(11-20)29-25(31)15-27-12-17-8-18(13-27)10-19(9-17)14-27/h1-7,11,16-19H,8-10,12-15H2,(H,29,31). The number of aromatic nitrogens is 1. The largest absolute Gasteiger partial charge is 0.326 e. The number of hydrogen-bond acceptors (Lipinski definition) is 3. The van der Waals surface area contributed by atoms with E-state index >= 15 is 0 Å². The smallest absolute Gasteiger partial charge is 0.224 e. The van der Waals surface area contributed by atoms with E-state index in [0.717, 1.165) is 45.3 Å². The molecule has 4 saturated carbocycles. The molecule has 4 aliphatic carbocycles. The minimum absolute atomic E-state index is 0.166. The second-order valence-electron chi connectivity index (χ2n) is 10.2. The van der Waals surface area contributed by atoms with Crippen molar-refractivity contribution in [3.05, 3.63) is 58.9 Å². The number of anilines is 1. The molecule has 1 aromatic heterocycles. The Labute approximate surface area is 198 Å². The Bertz CT molecular complexity index is 1130. The molecule has 1 N–H and O–H groups in total. The summed E-state index contributed by atoms with van der Waals surface area (Å²) >= 11 is 7.93. The highest BCUT2D eigenvalue weighted by Crippen LogP contribution is 2.61. The molecule has 3 nitrogen and oxygen atoms in total. The fraction of sp³-hybridized carbons (Fsp3) is 0.407. The van der Waals surface area contributed by atoms with Crippen LogP contribution in [0.4, 0.5) is 5.69 Å². The van der Waals surface area contributed by atoms with Gasteiger partial charge in [0.05, 0.1) is 10.7 Å². The summed E-state index contributed by atoms with van der Waals surface area (Å²) in [6, 6.07) is 15.8. The molecule has 1 heterocycles. The van der Waals surface area contributed by atoms with E-state index in [1.54, 1.807) is 11.3 Å². The molecule has 0 unspecified atom stereocenters. The van der Waals surface area contributed by atoms with Crippen LogP contribution in [0, 0.1) is 23.2 Å². The number of rotatable bonds is 5. The van der Waals surface area contributed by atoms with E-state index < -0.39 is 0 Å². The zero-order valence-corrected chi connectivity index (χ0v) is 19.6. The Kier molecular flexibility index (Phi) is 5.11. The first-order chi connectivity index (χ1) is 15.6. The van der Waals surface area contributed by atoms with Crippen LogP contribution in [-0.4, -0.2) is 10.9 Å². The molecule has 0 radical (unpaired) electrons. The van der Waals surface area contributed by atoms with Gasteiger partial charge < -0.3 is 5.32 Å². The molecule has 4 fully saturated rings. The summed E-state index contributed by atoms with van der Waals surface area (Å²) in [6.07, 6.45) is 8.68. The molecule has 0 spiro atoms. The van der Waals surface area contributed by atoms with E-state index in [9.17, 15) is 4.79 Å². The lowest BCUT2D eigenvalue weighted by Gasteiger charge is -2.56. The maximum Gasteiger partial charge on any atom is 0.224 e. The van der Waals surface area contributed by atoms with Gasteiger partial charge in [-0.15, -0.1) is 11.3 Å². The van der Waals surface area contributed by atoms with Crippen LogP contribution >= 0.6 is 22.9 Å². The summed E-state index contributed by atoms with van der Waals surface area (Å²) in [6.45, 7) is 0. The van der Waals surface area contributed by atoms with Gasteiger partial charge in [0, 0.05) is 28.6 Å². The Morgan fingerprint density at radius 1 is 1.03 bits per heavy atom. The maximum atomic E-state index is 13.0. The highest BCUT2D eigenvalue weighted by molar-refractivity contribution is 7.13. The third kappa shape index (κ3) is 3.88. The first kappa shape index (κ1) is 20.4. The molecule has 0 saturated heterocycles. The van der Waals surface area contributed by atoms with Gasteiger partial charge in [-0.1, -0.05) is 41.9 Å². The molecule has 164 valence electrons. The predicted octanol–water partition coefficient (Wildman–Crippen LogP) is 7.68. The molecule has 5 heteroatoms. The molecule has 7 rings (SSSR count). The first-order valence-electron chi connectivity index (χ1n) is 11.7. The number of hydrogen-bond donors (Lipinski definition) is 1. The zero-order valence-electron chi connectivity index (χ0n) is 18.0. The highest BCUT2D eigenvalue weighted by Gasteiger charge is 2.51. The third-order valence-electron chi connectivity index (χ3n) is 7.75.